The third-order valence-electron chi connectivity index (χ3n) is 3.52. The molecule has 3 rings (SSSR count). The third-order valence-corrected chi connectivity index (χ3v) is 4.94. The van der Waals surface area contributed by atoms with Gasteiger partial charge in [0, 0.05) is 28.4 Å². The molecule has 18 heavy (non-hydrogen) atoms. The molecule has 1 aliphatic rings. The van der Waals surface area contributed by atoms with Crippen molar-refractivity contribution < 1.29 is 4.52 Å². The SMILES string of the molecule is CC(NCc1ccon1)c1cc2c(s1)CCCC2. The van der Waals surface area contributed by atoms with E-state index in [1.165, 1.54) is 30.6 Å². The molecule has 0 saturated heterocycles. The number of rotatable bonds is 4. The van der Waals surface area contributed by atoms with Crippen molar-refractivity contribution in [2.45, 2.75) is 45.2 Å². The number of aromatic nitrogens is 1. The second-order valence-electron chi connectivity index (χ2n) is 4.90. The molecule has 2 aromatic heterocycles. The highest BCUT2D eigenvalue weighted by Crippen LogP contribution is 2.32. The van der Waals surface area contributed by atoms with Crippen LogP contribution in [0.15, 0.2) is 22.9 Å². The van der Waals surface area contributed by atoms with Crippen LogP contribution in [0.3, 0.4) is 0 Å². The summed E-state index contributed by atoms with van der Waals surface area (Å²) in [6.07, 6.45) is 6.86. The van der Waals surface area contributed by atoms with E-state index in [0.717, 1.165) is 12.2 Å². The lowest BCUT2D eigenvalue weighted by Crippen LogP contribution is -2.17. The molecule has 0 saturated carbocycles. The summed E-state index contributed by atoms with van der Waals surface area (Å²) in [4.78, 5) is 3.05. The van der Waals surface area contributed by atoms with Crippen LogP contribution in [0.2, 0.25) is 0 Å². The van der Waals surface area contributed by atoms with Crippen molar-refractivity contribution in [2.75, 3.05) is 0 Å². The first-order valence-corrected chi connectivity index (χ1v) is 7.38. The van der Waals surface area contributed by atoms with Crippen molar-refractivity contribution in [3.05, 3.63) is 39.4 Å². The number of thiophene rings is 1. The summed E-state index contributed by atoms with van der Waals surface area (Å²) in [6.45, 7) is 2.98. The van der Waals surface area contributed by atoms with E-state index in [4.69, 9.17) is 4.52 Å². The van der Waals surface area contributed by atoms with Crippen LogP contribution in [0.25, 0.3) is 0 Å². The Morgan fingerprint density at radius 2 is 2.33 bits per heavy atom. The molecule has 1 N–H and O–H groups in total. The van der Waals surface area contributed by atoms with Crippen LogP contribution < -0.4 is 5.32 Å². The zero-order valence-electron chi connectivity index (χ0n) is 10.6. The second kappa shape index (κ2) is 5.24. The van der Waals surface area contributed by atoms with Gasteiger partial charge in [0.2, 0.25) is 0 Å². The predicted octanol–water partition coefficient (Wildman–Crippen LogP) is 3.47. The van der Waals surface area contributed by atoms with E-state index in [-0.39, 0.29) is 0 Å². The van der Waals surface area contributed by atoms with Crippen molar-refractivity contribution in [2.24, 2.45) is 0 Å². The van der Waals surface area contributed by atoms with Gasteiger partial charge in [0.15, 0.2) is 0 Å². The van der Waals surface area contributed by atoms with Gasteiger partial charge in [-0.15, -0.1) is 11.3 Å². The standard InChI is InChI=1S/C14H18N2OS/c1-10(15-9-12-6-7-17-16-12)14-8-11-4-2-3-5-13(11)18-14/h6-8,10,15H,2-5,9H2,1H3. The Hall–Kier alpha value is -1.13. The van der Waals surface area contributed by atoms with Crippen LogP contribution in [-0.2, 0) is 19.4 Å². The van der Waals surface area contributed by atoms with Gasteiger partial charge in [0.05, 0.1) is 5.69 Å². The first-order valence-electron chi connectivity index (χ1n) is 6.57. The summed E-state index contributed by atoms with van der Waals surface area (Å²) >= 11 is 1.97. The van der Waals surface area contributed by atoms with Crippen LogP contribution in [0.4, 0.5) is 0 Å². The Kier molecular flexibility index (Phi) is 3.48. The van der Waals surface area contributed by atoms with Gasteiger partial charge in [-0.05, 0) is 44.2 Å². The van der Waals surface area contributed by atoms with Gasteiger partial charge in [-0.1, -0.05) is 5.16 Å². The number of hydrogen-bond acceptors (Lipinski definition) is 4. The molecule has 0 aromatic carbocycles. The molecule has 1 atom stereocenters. The first-order chi connectivity index (χ1) is 8.83. The monoisotopic (exact) mass is 262 g/mol. The van der Waals surface area contributed by atoms with Gasteiger partial charge in [-0.2, -0.15) is 0 Å². The molecule has 2 heterocycles. The smallest absolute Gasteiger partial charge is 0.124 e. The van der Waals surface area contributed by atoms with Gasteiger partial charge >= 0.3 is 0 Å². The van der Waals surface area contributed by atoms with Crippen molar-refractivity contribution in [1.29, 1.82) is 0 Å². The molecular weight excluding hydrogens is 244 g/mol. The second-order valence-corrected chi connectivity index (χ2v) is 6.07. The fourth-order valence-corrected chi connectivity index (χ4v) is 3.70. The Balaban J connectivity index is 1.64. The van der Waals surface area contributed by atoms with Crippen LogP contribution in [0.1, 0.15) is 46.8 Å². The summed E-state index contributed by atoms with van der Waals surface area (Å²) < 4.78 is 4.83. The summed E-state index contributed by atoms with van der Waals surface area (Å²) in [6, 6.07) is 4.68. The highest BCUT2D eigenvalue weighted by atomic mass is 32.1. The van der Waals surface area contributed by atoms with Gasteiger partial charge < -0.3 is 9.84 Å². The average Bonchev–Trinajstić information content (AvgIpc) is 3.04. The maximum absolute atomic E-state index is 4.83. The molecule has 4 heteroatoms. The van der Waals surface area contributed by atoms with E-state index in [0.29, 0.717) is 6.04 Å². The largest absolute Gasteiger partial charge is 0.364 e. The molecule has 0 amide bonds. The van der Waals surface area contributed by atoms with Crippen molar-refractivity contribution in [3.8, 4) is 0 Å². The van der Waals surface area contributed by atoms with E-state index < -0.39 is 0 Å². The molecule has 1 unspecified atom stereocenters. The summed E-state index contributed by atoms with van der Waals surface area (Å²) in [5.74, 6) is 0. The topological polar surface area (TPSA) is 38.1 Å². The van der Waals surface area contributed by atoms with E-state index in [1.807, 2.05) is 17.4 Å². The highest BCUT2D eigenvalue weighted by Gasteiger charge is 2.16. The molecular formula is C14H18N2OS. The van der Waals surface area contributed by atoms with Crippen LogP contribution >= 0.6 is 11.3 Å². The predicted molar refractivity (Wildman–Crippen MR) is 72.7 cm³/mol. The normalized spacial score (nSPS) is 16.5. The van der Waals surface area contributed by atoms with Crippen molar-refractivity contribution in [3.63, 3.8) is 0 Å². The lowest BCUT2D eigenvalue weighted by atomic mass is 9.99. The van der Waals surface area contributed by atoms with E-state index in [1.54, 1.807) is 16.7 Å². The Morgan fingerprint density at radius 3 is 3.11 bits per heavy atom. The summed E-state index contributed by atoms with van der Waals surface area (Å²) in [7, 11) is 0. The number of hydrogen-bond donors (Lipinski definition) is 1. The van der Waals surface area contributed by atoms with E-state index in [9.17, 15) is 0 Å². The van der Waals surface area contributed by atoms with Crippen molar-refractivity contribution in [1.82, 2.24) is 10.5 Å². The van der Waals surface area contributed by atoms with Crippen molar-refractivity contribution >= 4 is 11.3 Å². The maximum atomic E-state index is 4.83. The third kappa shape index (κ3) is 2.49. The zero-order chi connectivity index (χ0) is 12.4. The lowest BCUT2D eigenvalue weighted by molar-refractivity contribution is 0.406. The van der Waals surface area contributed by atoms with Crippen LogP contribution in [-0.4, -0.2) is 5.16 Å². The van der Waals surface area contributed by atoms with Crippen LogP contribution in [0.5, 0.6) is 0 Å². The Labute approximate surface area is 111 Å². The van der Waals surface area contributed by atoms with Gasteiger partial charge in [0.25, 0.3) is 0 Å². The molecule has 3 nitrogen and oxygen atoms in total. The average molecular weight is 262 g/mol. The fourth-order valence-electron chi connectivity index (χ4n) is 2.41. The number of nitrogens with one attached hydrogen (secondary N) is 1. The minimum absolute atomic E-state index is 0.386. The molecule has 0 radical (unpaired) electrons. The fraction of sp³-hybridized carbons (Fsp3) is 0.500. The van der Waals surface area contributed by atoms with Gasteiger partial charge in [-0.3, -0.25) is 0 Å². The number of nitrogens with zero attached hydrogens (tertiary/aromatic N) is 1. The highest BCUT2D eigenvalue weighted by molar-refractivity contribution is 7.12. The van der Waals surface area contributed by atoms with Crippen LogP contribution in [0, 0.1) is 0 Å². The molecule has 96 valence electrons. The van der Waals surface area contributed by atoms with E-state index in [2.05, 4.69) is 23.5 Å². The Morgan fingerprint density at radius 1 is 1.44 bits per heavy atom. The summed E-state index contributed by atoms with van der Waals surface area (Å²) in [5.41, 5.74) is 2.54. The maximum Gasteiger partial charge on any atom is 0.124 e. The van der Waals surface area contributed by atoms with Gasteiger partial charge in [0.1, 0.15) is 6.26 Å². The molecule has 2 aromatic rings. The van der Waals surface area contributed by atoms with Gasteiger partial charge in [-0.25, -0.2) is 0 Å². The minimum atomic E-state index is 0.386. The molecule has 0 aliphatic heterocycles. The summed E-state index contributed by atoms with van der Waals surface area (Å²) in [5, 5.41) is 7.41. The quantitative estimate of drug-likeness (QED) is 0.917. The molecule has 0 bridgehead atoms. The molecule has 0 fully saturated rings. The first kappa shape index (κ1) is 11.9. The molecule has 1 aliphatic carbocycles. The Bertz CT molecular complexity index is 480. The molecule has 0 spiro atoms. The number of aryl methyl sites for hydroxylation is 2. The minimum Gasteiger partial charge on any atom is -0.364 e. The lowest BCUT2D eigenvalue weighted by Gasteiger charge is -2.10. The zero-order valence-corrected chi connectivity index (χ0v) is 11.4. The number of fused-ring (bicyclic) bond motifs is 1. The van der Waals surface area contributed by atoms with E-state index >= 15 is 0 Å².